The van der Waals surface area contributed by atoms with Crippen LogP contribution in [-0.2, 0) is 25.9 Å². The predicted octanol–water partition coefficient (Wildman–Crippen LogP) is 6.21. The summed E-state index contributed by atoms with van der Waals surface area (Å²) in [7, 11) is -0.839. The van der Waals surface area contributed by atoms with Gasteiger partial charge in [0.25, 0.3) is 5.91 Å². The average Bonchev–Trinajstić information content (AvgIpc) is 3.50. The largest absolute Gasteiger partial charge is 0.494 e. The molecule has 0 unspecified atom stereocenters. The number of hydrogen-bond donors (Lipinski definition) is 2. The van der Waals surface area contributed by atoms with Crippen molar-refractivity contribution < 1.29 is 37.3 Å². The van der Waals surface area contributed by atoms with E-state index in [2.05, 4.69) is 5.32 Å². The number of nitrogens with one attached hydrogen (secondary N) is 1. The van der Waals surface area contributed by atoms with Gasteiger partial charge >= 0.3 is 0 Å². The number of sulfone groups is 1. The second kappa shape index (κ2) is 15.9. The fourth-order valence-corrected chi connectivity index (χ4v) is 7.41. The van der Waals surface area contributed by atoms with Crippen LogP contribution < -0.4 is 19.5 Å². The highest BCUT2D eigenvalue weighted by Crippen LogP contribution is 2.46. The van der Waals surface area contributed by atoms with E-state index in [0.29, 0.717) is 52.0 Å². The van der Waals surface area contributed by atoms with Crippen LogP contribution in [0, 0.1) is 0 Å². The molecule has 13 heteroatoms. The molecule has 1 amide bonds. The van der Waals surface area contributed by atoms with E-state index in [1.165, 1.54) is 32.4 Å². The number of aliphatic imine (C=N–C) groups is 1. The molecule has 0 saturated heterocycles. The number of rotatable bonds is 15. The summed E-state index contributed by atoms with van der Waals surface area (Å²) < 4.78 is 50.4. The fourth-order valence-electron chi connectivity index (χ4n) is 5.52. The second-order valence-corrected chi connectivity index (χ2v) is 14.1. The van der Waals surface area contributed by atoms with Crippen molar-refractivity contribution in [2.45, 2.75) is 35.9 Å². The van der Waals surface area contributed by atoms with Gasteiger partial charge in [0.2, 0.25) is 5.90 Å². The number of methoxy groups -OCH3 is 2. The Balaban J connectivity index is 1.59. The molecule has 0 fully saturated rings. The molecule has 4 aromatic rings. The zero-order chi connectivity index (χ0) is 35.0. The van der Waals surface area contributed by atoms with Gasteiger partial charge in [0.15, 0.2) is 33.0 Å². The minimum atomic E-state index is -3.86. The summed E-state index contributed by atoms with van der Waals surface area (Å²) in [5.74, 6) is 0.596. The van der Waals surface area contributed by atoms with Crippen molar-refractivity contribution in [2.24, 2.45) is 4.99 Å². The second-order valence-electron chi connectivity index (χ2n) is 11.2. The van der Waals surface area contributed by atoms with Gasteiger partial charge in [-0.1, -0.05) is 59.6 Å². The maximum atomic E-state index is 14.6. The molecular formula is C36H36Cl2N2O8S. The summed E-state index contributed by atoms with van der Waals surface area (Å²) in [6, 6.07) is 25.0. The van der Waals surface area contributed by atoms with Gasteiger partial charge in [0, 0.05) is 52.7 Å². The van der Waals surface area contributed by atoms with Crippen molar-refractivity contribution in [1.29, 1.82) is 0 Å². The van der Waals surface area contributed by atoms with Crippen LogP contribution in [0.4, 0.5) is 0 Å². The zero-order valence-corrected chi connectivity index (χ0v) is 29.2. The van der Waals surface area contributed by atoms with Crippen molar-refractivity contribution in [1.82, 2.24) is 5.32 Å². The maximum Gasteiger partial charge on any atom is 0.252 e. The van der Waals surface area contributed by atoms with Crippen molar-refractivity contribution in [2.75, 3.05) is 33.2 Å². The summed E-state index contributed by atoms with van der Waals surface area (Å²) in [5.41, 5.74) is -0.236. The van der Waals surface area contributed by atoms with Gasteiger partial charge in [0.05, 0.1) is 31.5 Å². The first-order valence-corrected chi connectivity index (χ1v) is 17.8. The summed E-state index contributed by atoms with van der Waals surface area (Å²) in [6.45, 7) is 0.353. The standard InChI is InChI=1S/C36H36Cl2N2O8S/c1-45-31-11-6-8-25(32(31)46-2)23-39-35(42)36(18-21-49(43,44)28-9-4-3-5-10-28)33(29-17-14-26(37)22-30(29)38)48-34(40-36)24-12-15-27(16-13-24)47-20-7-19-41/h3-6,8-17,22,33,41H,7,18-21,23H2,1-2H3,(H,39,42)/t33-,36-/m1/s1. The third-order valence-electron chi connectivity index (χ3n) is 8.05. The van der Waals surface area contributed by atoms with Crippen molar-refractivity contribution in [3.05, 3.63) is 118 Å². The summed E-state index contributed by atoms with van der Waals surface area (Å²) >= 11 is 13.0. The fraction of sp³-hybridized carbons (Fsp3) is 0.278. The van der Waals surface area contributed by atoms with Crippen LogP contribution >= 0.6 is 23.2 Å². The highest BCUT2D eigenvalue weighted by molar-refractivity contribution is 7.91. The summed E-state index contributed by atoms with van der Waals surface area (Å²) in [4.78, 5) is 19.6. The molecule has 0 radical (unpaired) electrons. The van der Waals surface area contributed by atoms with E-state index in [1.54, 1.807) is 72.8 Å². The molecule has 49 heavy (non-hydrogen) atoms. The lowest BCUT2D eigenvalue weighted by atomic mass is 9.85. The van der Waals surface area contributed by atoms with Crippen molar-refractivity contribution in [3.63, 3.8) is 0 Å². The zero-order valence-electron chi connectivity index (χ0n) is 26.9. The summed E-state index contributed by atoms with van der Waals surface area (Å²) in [5, 5.41) is 12.6. The van der Waals surface area contributed by atoms with Gasteiger partial charge in [-0.3, -0.25) is 4.79 Å². The van der Waals surface area contributed by atoms with Gasteiger partial charge < -0.3 is 29.4 Å². The van der Waals surface area contributed by atoms with Crippen LogP contribution in [-0.4, -0.2) is 64.1 Å². The highest BCUT2D eigenvalue weighted by Gasteiger charge is 2.54. The lowest BCUT2D eigenvalue weighted by molar-refractivity contribution is -0.129. The van der Waals surface area contributed by atoms with Crippen LogP contribution in [0.5, 0.6) is 17.2 Å². The first-order chi connectivity index (χ1) is 23.6. The molecule has 258 valence electrons. The number of benzene rings is 4. The van der Waals surface area contributed by atoms with E-state index in [-0.39, 0.29) is 35.4 Å². The smallest absolute Gasteiger partial charge is 0.252 e. The number of carbonyl (C=O) groups is 1. The Morgan fingerprint density at radius 1 is 0.980 bits per heavy atom. The molecule has 1 aliphatic heterocycles. The van der Waals surface area contributed by atoms with Crippen LogP contribution in [0.3, 0.4) is 0 Å². The lowest BCUT2D eigenvalue weighted by Crippen LogP contribution is -2.49. The first kappa shape index (κ1) is 36.0. The number of halogens is 2. The third kappa shape index (κ3) is 8.13. The number of hydrogen-bond acceptors (Lipinski definition) is 9. The van der Waals surface area contributed by atoms with Crippen LogP contribution in [0.1, 0.15) is 35.6 Å². The number of para-hydroxylation sites is 1. The van der Waals surface area contributed by atoms with Crippen LogP contribution in [0.15, 0.2) is 101 Å². The Morgan fingerprint density at radius 2 is 1.73 bits per heavy atom. The Hall–Kier alpha value is -4.29. The van der Waals surface area contributed by atoms with Crippen molar-refractivity contribution >= 4 is 44.8 Å². The van der Waals surface area contributed by atoms with Crippen LogP contribution in [0.2, 0.25) is 10.0 Å². The minimum absolute atomic E-state index is 0.00606. The number of ether oxygens (including phenoxy) is 4. The average molecular weight is 728 g/mol. The molecule has 1 aliphatic rings. The molecule has 2 atom stereocenters. The number of aliphatic hydroxyl groups excluding tert-OH is 1. The van der Waals surface area contributed by atoms with E-state index in [1.807, 2.05) is 0 Å². The number of amides is 1. The SMILES string of the molecule is COc1cccc(CNC(=O)[C@]2(CCS(=O)(=O)c3ccccc3)N=C(c3ccc(OCCCO)cc3)O[C@@H]2c2ccc(Cl)cc2Cl)c1OC. The number of nitrogens with zero attached hydrogens (tertiary/aromatic N) is 1. The molecule has 2 N–H and O–H groups in total. The molecule has 0 saturated carbocycles. The van der Waals surface area contributed by atoms with Gasteiger partial charge in [-0.2, -0.15) is 0 Å². The number of carbonyl (C=O) groups excluding carboxylic acids is 1. The molecule has 0 aromatic heterocycles. The van der Waals surface area contributed by atoms with Gasteiger partial charge in [0.1, 0.15) is 5.75 Å². The van der Waals surface area contributed by atoms with E-state index in [9.17, 15) is 13.2 Å². The quantitative estimate of drug-likeness (QED) is 0.138. The maximum absolute atomic E-state index is 14.6. The van der Waals surface area contributed by atoms with Crippen molar-refractivity contribution in [3.8, 4) is 17.2 Å². The Labute approximate surface area is 295 Å². The molecule has 4 aromatic carbocycles. The van der Waals surface area contributed by atoms with Gasteiger partial charge in [-0.15, -0.1) is 0 Å². The monoisotopic (exact) mass is 726 g/mol. The van der Waals surface area contributed by atoms with E-state index >= 15 is 0 Å². The predicted molar refractivity (Wildman–Crippen MR) is 188 cm³/mol. The Kier molecular flexibility index (Phi) is 11.7. The normalized spacial score (nSPS) is 17.2. The molecule has 0 aliphatic carbocycles. The van der Waals surface area contributed by atoms with Crippen LogP contribution in [0.25, 0.3) is 0 Å². The highest BCUT2D eigenvalue weighted by atomic mass is 35.5. The minimum Gasteiger partial charge on any atom is -0.494 e. The molecule has 0 spiro atoms. The molecule has 1 heterocycles. The van der Waals surface area contributed by atoms with E-state index < -0.39 is 33.1 Å². The summed E-state index contributed by atoms with van der Waals surface area (Å²) in [6.07, 6.45) is -0.904. The Morgan fingerprint density at radius 3 is 2.41 bits per heavy atom. The third-order valence-corrected chi connectivity index (χ3v) is 10.3. The lowest BCUT2D eigenvalue weighted by Gasteiger charge is -2.31. The van der Waals surface area contributed by atoms with Gasteiger partial charge in [-0.05, 0) is 54.6 Å². The topological polar surface area (TPSA) is 133 Å². The first-order valence-electron chi connectivity index (χ1n) is 15.4. The molecule has 5 rings (SSSR count). The molecule has 10 nitrogen and oxygen atoms in total. The molecule has 0 bridgehead atoms. The number of aliphatic hydroxyl groups is 1. The molecular weight excluding hydrogens is 691 g/mol. The van der Waals surface area contributed by atoms with E-state index in [4.69, 9.17) is 52.2 Å². The Bertz CT molecular complexity index is 1910. The van der Waals surface area contributed by atoms with E-state index in [0.717, 1.165) is 0 Å². The van der Waals surface area contributed by atoms with Gasteiger partial charge in [-0.25, -0.2) is 13.4 Å².